The zero-order valence-electron chi connectivity index (χ0n) is 23.2. The first-order valence-corrected chi connectivity index (χ1v) is 13.9. The van der Waals surface area contributed by atoms with Crippen LogP contribution >= 0.6 is 11.3 Å². The van der Waals surface area contributed by atoms with E-state index in [1.165, 1.54) is 30.1 Å². The van der Waals surface area contributed by atoms with Gasteiger partial charge in [0.25, 0.3) is 5.56 Å². The van der Waals surface area contributed by atoms with Crippen LogP contribution < -0.4 is 24.4 Å². The first-order valence-electron chi connectivity index (χ1n) is 13.1. The molecule has 4 aromatic rings. The summed E-state index contributed by atoms with van der Waals surface area (Å²) in [6.07, 6.45) is 1.67. The van der Waals surface area contributed by atoms with Gasteiger partial charge in [0.05, 0.1) is 36.1 Å². The topological polar surface area (TPSA) is 109 Å². The molecule has 0 amide bonds. The Bertz CT molecular complexity index is 1840. The number of aromatic hydroxyl groups is 1. The number of allylic oxidation sites excluding steroid dienone is 1. The molecule has 9 nitrogen and oxygen atoms in total. The molecule has 0 unspecified atom stereocenters. The Kier molecular flexibility index (Phi) is 8.23. The van der Waals surface area contributed by atoms with Crippen molar-refractivity contribution in [3.63, 3.8) is 0 Å². The first kappa shape index (κ1) is 28.1. The number of esters is 1. The van der Waals surface area contributed by atoms with Gasteiger partial charge in [-0.05, 0) is 42.8 Å². The maximum atomic E-state index is 14.1. The minimum absolute atomic E-state index is 0.0417. The van der Waals surface area contributed by atoms with Gasteiger partial charge in [-0.15, -0.1) is 0 Å². The number of benzene rings is 3. The Hall–Kier alpha value is -4.41. The van der Waals surface area contributed by atoms with Gasteiger partial charge in [0, 0.05) is 18.2 Å². The van der Waals surface area contributed by atoms with Crippen molar-refractivity contribution in [1.29, 1.82) is 0 Å². The van der Waals surface area contributed by atoms with E-state index in [0.29, 0.717) is 44.3 Å². The van der Waals surface area contributed by atoms with Gasteiger partial charge in [-0.1, -0.05) is 53.8 Å². The molecule has 5 rings (SSSR count). The van der Waals surface area contributed by atoms with Crippen molar-refractivity contribution < 1.29 is 28.8 Å². The fourth-order valence-corrected chi connectivity index (χ4v) is 5.98. The quantitative estimate of drug-likeness (QED) is 0.240. The molecular formula is C31H30N2O7S. The molecule has 10 heteroatoms. The number of carbonyl (C=O) groups excluding carboxylic acids is 1. The Labute approximate surface area is 240 Å². The van der Waals surface area contributed by atoms with Crippen LogP contribution in [0.2, 0.25) is 0 Å². The SMILES string of the molecule is CCOc1c(OC)cccc1[C@H]1C(C(=O)OCCOC)=C(C)N=c2s/c(=C/c3c(O)ccc4ccccc34)c(=O)n21. The summed E-state index contributed by atoms with van der Waals surface area (Å²) in [5.74, 6) is 0.324. The molecule has 0 fully saturated rings. The average molecular weight is 575 g/mol. The summed E-state index contributed by atoms with van der Waals surface area (Å²) in [6, 6.07) is 15.5. The van der Waals surface area contributed by atoms with Crippen LogP contribution in [-0.2, 0) is 14.3 Å². The summed E-state index contributed by atoms with van der Waals surface area (Å²) < 4.78 is 24.0. The monoisotopic (exact) mass is 574 g/mol. The summed E-state index contributed by atoms with van der Waals surface area (Å²) in [5, 5.41) is 12.5. The van der Waals surface area contributed by atoms with Gasteiger partial charge in [0.2, 0.25) is 0 Å². The molecule has 1 aliphatic heterocycles. The molecule has 0 bridgehead atoms. The van der Waals surface area contributed by atoms with E-state index in [9.17, 15) is 14.7 Å². The van der Waals surface area contributed by atoms with Crippen LogP contribution in [0.5, 0.6) is 17.2 Å². The molecule has 0 saturated carbocycles. The molecule has 1 aliphatic rings. The lowest BCUT2D eigenvalue weighted by molar-refractivity contribution is -0.140. The largest absolute Gasteiger partial charge is 0.507 e. The summed E-state index contributed by atoms with van der Waals surface area (Å²) in [6.45, 7) is 4.17. The molecule has 212 valence electrons. The second-order valence-electron chi connectivity index (χ2n) is 9.24. The summed E-state index contributed by atoms with van der Waals surface area (Å²) in [4.78, 5) is 32.7. The summed E-state index contributed by atoms with van der Waals surface area (Å²) in [5.41, 5.74) is 1.34. The van der Waals surface area contributed by atoms with Crippen molar-refractivity contribution in [3.8, 4) is 17.2 Å². The van der Waals surface area contributed by atoms with Crippen LogP contribution in [0.1, 0.15) is 31.0 Å². The van der Waals surface area contributed by atoms with Gasteiger partial charge in [-0.3, -0.25) is 9.36 Å². The predicted molar refractivity (Wildman–Crippen MR) is 156 cm³/mol. The van der Waals surface area contributed by atoms with Crippen LogP contribution in [0.15, 0.2) is 75.7 Å². The van der Waals surface area contributed by atoms with Gasteiger partial charge in [0.15, 0.2) is 16.3 Å². The molecule has 0 aliphatic carbocycles. The Morgan fingerprint density at radius 2 is 1.90 bits per heavy atom. The summed E-state index contributed by atoms with van der Waals surface area (Å²) in [7, 11) is 3.05. The first-order chi connectivity index (χ1) is 19.9. The minimum atomic E-state index is -0.902. The Morgan fingerprint density at radius 1 is 1.10 bits per heavy atom. The van der Waals surface area contributed by atoms with Crippen molar-refractivity contribution in [1.82, 2.24) is 4.57 Å². The molecule has 2 heterocycles. The van der Waals surface area contributed by atoms with E-state index in [1.54, 1.807) is 37.3 Å². The zero-order chi connectivity index (χ0) is 29.1. The summed E-state index contributed by atoms with van der Waals surface area (Å²) >= 11 is 1.18. The zero-order valence-corrected chi connectivity index (χ0v) is 24.0. The lowest BCUT2D eigenvalue weighted by Gasteiger charge is -2.27. The Balaban J connectivity index is 1.77. The van der Waals surface area contributed by atoms with Gasteiger partial charge in [0.1, 0.15) is 18.4 Å². The number of ether oxygens (including phenoxy) is 4. The highest BCUT2D eigenvalue weighted by Crippen LogP contribution is 2.40. The molecule has 0 spiro atoms. The number of aromatic nitrogens is 1. The van der Waals surface area contributed by atoms with Crippen LogP contribution in [0.4, 0.5) is 0 Å². The highest BCUT2D eigenvalue weighted by molar-refractivity contribution is 7.07. The molecule has 1 atom stereocenters. The minimum Gasteiger partial charge on any atom is -0.507 e. The molecule has 1 aromatic heterocycles. The number of hydrogen-bond acceptors (Lipinski definition) is 9. The third-order valence-electron chi connectivity index (χ3n) is 6.80. The van der Waals surface area contributed by atoms with Crippen LogP contribution in [0, 0.1) is 0 Å². The van der Waals surface area contributed by atoms with Gasteiger partial charge >= 0.3 is 5.97 Å². The highest BCUT2D eigenvalue weighted by Gasteiger charge is 2.36. The van der Waals surface area contributed by atoms with Crippen LogP contribution in [-0.4, -0.2) is 49.7 Å². The van der Waals surface area contributed by atoms with Crippen molar-refractivity contribution in [2.24, 2.45) is 4.99 Å². The molecule has 1 N–H and O–H groups in total. The number of carbonyl (C=O) groups is 1. The smallest absolute Gasteiger partial charge is 0.338 e. The predicted octanol–water partition coefficient (Wildman–Crippen LogP) is 3.69. The number of phenols is 1. The van der Waals surface area contributed by atoms with E-state index in [1.807, 2.05) is 37.3 Å². The van der Waals surface area contributed by atoms with E-state index >= 15 is 0 Å². The maximum Gasteiger partial charge on any atom is 0.338 e. The number of fused-ring (bicyclic) bond motifs is 2. The van der Waals surface area contributed by atoms with Crippen LogP contribution in [0.25, 0.3) is 16.8 Å². The van der Waals surface area contributed by atoms with E-state index in [4.69, 9.17) is 18.9 Å². The number of nitrogens with zero attached hydrogens (tertiary/aromatic N) is 2. The third-order valence-corrected chi connectivity index (χ3v) is 7.78. The van der Waals surface area contributed by atoms with Crippen molar-refractivity contribution in [2.45, 2.75) is 19.9 Å². The van der Waals surface area contributed by atoms with Crippen LogP contribution in [0.3, 0.4) is 0 Å². The van der Waals surface area contributed by atoms with E-state index < -0.39 is 12.0 Å². The number of rotatable bonds is 9. The second kappa shape index (κ2) is 12.0. The lowest BCUT2D eigenvalue weighted by atomic mass is 9.94. The molecule has 41 heavy (non-hydrogen) atoms. The number of methoxy groups -OCH3 is 2. The Morgan fingerprint density at radius 3 is 2.66 bits per heavy atom. The second-order valence-corrected chi connectivity index (χ2v) is 10.3. The van der Waals surface area contributed by atoms with Crippen molar-refractivity contribution >= 4 is 34.2 Å². The number of hydrogen-bond donors (Lipinski definition) is 1. The maximum absolute atomic E-state index is 14.1. The molecule has 3 aromatic carbocycles. The van der Waals surface area contributed by atoms with E-state index in [2.05, 4.69) is 4.99 Å². The third kappa shape index (κ3) is 5.23. The molecule has 0 radical (unpaired) electrons. The van der Waals surface area contributed by atoms with Crippen molar-refractivity contribution in [2.75, 3.05) is 34.0 Å². The number of thiazole rings is 1. The standard InChI is InChI=1S/C31H30N2O7S/c1-5-39-28-21(11-8-12-24(28)38-4)27-26(30(36)40-16-15-37-3)18(2)32-31-33(27)29(35)25(41-31)17-22-20-10-7-6-9-19(20)13-14-23(22)34/h6-14,17,27,34H,5,15-16H2,1-4H3/b25-17+/t27-/m0/s1. The number of para-hydroxylation sites is 1. The number of phenolic OH excluding ortho intramolecular Hbond substituents is 1. The fourth-order valence-electron chi connectivity index (χ4n) is 4.95. The lowest BCUT2D eigenvalue weighted by Crippen LogP contribution is -2.40. The normalized spacial score (nSPS) is 15.0. The molecule has 0 saturated heterocycles. The average Bonchev–Trinajstić information content (AvgIpc) is 3.28. The van der Waals surface area contributed by atoms with Gasteiger partial charge in [-0.25, -0.2) is 9.79 Å². The highest BCUT2D eigenvalue weighted by atomic mass is 32.1. The fraction of sp³-hybridized carbons (Fsp3) is 0.258. The van der Waals surface area contributed by atoms with Gasteiger partial charge < -0.3 is 24.1 Å². The van der Waals surface area contributed by atoms with E-state index in [0.717, 1.165) is 10.8 Å². The van der Waals surface area contributed by atoms with Gasteiger partial charge in [-0.2, -0.15) is 0 Å². The van der Waals surface area contributed by atoms with Crippen molar-refractivity contribution in [3.05, 3.63) is 96.7 Å². The van der Waals surface area contributed by atoms with E-state index in [-0.39, 0.29) is 30.1 Å². The molecular weight excluding hydrogens is 544 g/mol.